The number of aromatic nitrogens is 1. The highest BCUT2D eigenvalue weighted by atomic mass is 32.1. The van der Waals surface area contributed by atoms with E-state index in [4.69, 9.17) is 0 Å². The fraction of sp³-hybridized carbons (Fsp3) is 0.182. The lowest BCUT2D eigenvalue weighted by Gasteiger charge is -2.04. The zero-order chi connectivity index (χ0) is 11.4. The first-order valence-corrected chi connectivity index (χ1v) is 5.74. The number of thiazole rings is 1. The van der Waals surface area contributed by atoms with E-state index in [0.29, 0.717) is 11.3 Å². The van der Waals surface area contributed by atoms with E-state index in [0.717, 1.165) is 5.69 Å². The van der Waals surface area contributed by atoms with Gasteiger partial charge < -0.3 is 4.57 Å². The molecule has 2 rings (SSSR count). The van der Waals surface area contributed by atoms with Crippen LogP contribution in [0.1, 0.15) is 11.3 Å². The lowest BCUT2D eigenvalue weighted by atomic mass is 10.2. The number of nitroso groups, excluding NO2 is 1. The molecular formula is C11H11N3OS. The summed E-state index contributed by atoms with van der Waals surface area (Å²) in [6.45, 7) is 2.70. The van der Waals surface area contributed by atoms with Crippen LogP contribution in [0.15, 0.2) is 46.1 Å². The van der Waals surface area contributed by atoms with Gasteiger partial charge in [-0.2, -0.15) is 0 Å². The number of hydrogen-bond acceptors (Lipinski definition) is 3. The molecule has 0 spiro atoms. The van der Waals surface area contributed by atoms with Crippen LogP contribution >= 0.6 is 11.3 Å². The van der Waals surface area contributed by atoms with Gasteiger partial charge in [-0.25, -0.2) is 0 Å². The Hall–Kier alpha value is -1.75. The summed E-state index contributed by atoms with van der Waals surface area (Å²) in [5, 5.41) is 8.13. The summed E-state index contributed by atoms with van der Waals surface area (Å²) >= 11 is 1.42. The minimum Gasteiger partial charge on any atom is -0.315 e. The normalized spacial score (nSPS) is 11.7. The van der Waals surface area contributed by atoms with Crippen molar-refractivity contribution in [3.05, 3.63) is 56.7 Å². The van der Waals surface area contributed by atoms with Gasteiger partial charge in [-0.3, -0.25) is 0 Å². The number of benzene rings is 1. The topological polar surface area (TPSA) is 46.7 Å². The molecule has 0 N–H and O–H groups in total. The molecule has 0 aliphatic heterocycles. The lowest BCUT2D eigenvalue weighted by molar-refractivity contribution is 0.733. The van der Waals surface area contributed by atoms with Crippen molar-refractivity contribution in [2.45, 2.75) is 13.5 Å². The number of hydrogen-bond donors (Lipinski definition) is 0. The molecule has 1 aromatic heterocycles. The van der Waals surface area contributed by atoms with Crippen LogP contribution in [0, 0.1) is 11.8 Å². The van der Waals surface area contributed by atoms with Crippen LogP contribution in [0.3, 0.4) is 0 Å². The molecule has 0 fully saturated rings. The average molecular weight is 233 g/mol. The second-order valence-corrected chi connectivity index (χ2v) is 4.25. The van der Waals surface area contributed by atoms with Crippen LogP contribution in [0.2, 0.25) is 0 Å². The third-order valence-electron chi connectivity index (χ3n) is 2.30. The van der Waals surface area contributed by atoms with E-state index in [-0.39, 0.29) is 0 Å². The molecule has 0 saturated carbocycles. The van der Waals surface area contributed by atoms with Gasteiger partial charge in [-0.05, 0) is 12.5 Å². The molecule has 0 radical (unpaired) electrons. The third kappa shape index (κ3) is 2.25. The molecule has 2 aromatic rings. The summed E-state index contributed by atoms with van der Waals surface area (Å²) in [4.78, 5) is 10.8. The van der Waals surface area contributed by atoms with Crippen LogP contribution in [-0.4, -0.2) is 4.57 Å². The molecule has 5 heteroatoms. The Bertz CT molecular complexity index is 542. The van der Waals surface area contributed by atoms with E-state index in [9.17, 15) is 4.91 Å². The van der Waals surface area contributed by atoms with Gasteiger partial charge in [0.1, 0.15) is 0 Å². The summed E-state index contributed by atoms with van der Waals surface area (Å²) < 4.78 is 1.97. The molecule has 0 amide bonds. The SMILES string of the molecule is Cc1cs/c(=N/N=O)n1Cc1ccccc1. The molecule has 1 aromatic carbocycles. The van der Waals surface area contributed by atoms with Crippen LogP contribution in [0.5, 0.6) is 0 Å². The zero-order valence-corrected chi connectivity index (χ0v) is 9.65. The summed E-state index contributed by atoms with van der Waals surface area (Å²) in [6, 6.07) is 10.1. The average Bonchev–Trinajstić information content (AvgIpc) is 2.64. The van der Waals surface area contributed by atoms with Crippen molar-refractivity contribution in [3.8, 4) is 0 Å². The van der Waals surface area contributed by atoms with E-state index in [2.05, 4.69) is 10.4 Å². The first-order valence-electron chi connectivity index (χ1n) is 4.86. The molecule has 0 atom stereocenters. The van der Waals surface area contributed by atoms with Crippen molar-refractivity contribution < 1.29 is 0 Å². The highest BCUT2D eigenvalue weighted by molar-refractivity contribution is 7.07. The Labute approximate surface area is 96.8 Å². The van der Waals surface area contributed by atoms with Crippen molar-refractivity contribution in [1.82, 2.24) is 4.57 Å². The lowest BCUT2D eigenvalue weighted by Crippen LogP contribution is -2.16. The maximum absolute atomic E-state index is 10.2. The Morgan fingerprint density at radius 3 is 2.75 bits per heavy atom. The van der Waals surface area contributed by atoms with E-state index >= 15 is 0 Å². The van der Waals surface area contributed by atoms with E-state index in [1.54, 1.807) is 0 Å². The first kappa shape index (κ1) is 10.8. The van der Waals surface area contributed by atoms with Gasteiger partial charge in [-0.15, -0.1) is 16.2 Å². The van der Waals surface area contributed by atoms with Crippen LogP contribution < -0.4 is 4.80 Å². The third-order valence-corrected chi connectivity index (χ3v) is 3.27. The highest BCUT2D eigenvalue weighted by Gasteiger charge is 2.02. The van der Waals surface area contributed by atoms with Gasteiger partial charge in [-0.1, -0.05) is 35.4 Å². The molecule has 4 nitrogen and oxygen atoms in total. The molecule has 0 aliphatic carbocycles. The van der Waals surface area contributed by atoms with Gasteiger partial charge in [0.25, 0.3) is 0 Å². The Kier molecular flexibility index (Phi) is 3.26. The van der Waals surface area contributed by atoms with Gasteiger partial charge in [0, 0.05) is 11.1 Å². The van der Waals surface area contributed by atoms with Gasteiger partial charge in [0.15, 0.2) is 0 Å². The summed E-state index contributed by atoms with van der Waals surface area (Å²) in [5.41, 5.74) is 2.26. The molecule has 82 valence electrons. The van der Waals surface area contributed by atoms with E-state index in [1.165, 1.54) is 16.9 Å². The monoisotopic (exact) mass is 233 g/mol. The number of nitrogens with zero attached hydrogens (tertiary/aromatic N) is 3. The maximum Gasteiger partial charge on any atom is 0.214 e. The van der Waals surface area contributed by atoms with E-state index in [1.807, 2.05) is 47.2 Å². The predicted octanol–water partition coefficient (Wildman–Crippen LogP) is 2.49. The summed E-state index contributed by atoms with van der Waals surface area (Å²) in [6.07, 6.45) is 0. The van der Waals surface area contributed by atoms with Gasteiger partial charge in [0.2, 0.25) is 4.80 Å². The zero-order valence-electron chi connectivity index (χ0n) is 8.83. The molecule has 0 aliphatic rings. The molecule has 0 bridgehead atoms. The molecular weight excluding hydrogens is 222 g/mol. The molecule has 0 saturated heterocycles. The highest BCUT2D eigenvalue weighted by Crippen LogP contribution is 2.05. The summed E-state index contributed by atoms with van der Waals surface area (Å²) in [7, 11) is 0. The summed E-state index contributed by atoms with van der Waals surface area (Å²) in [5.74, 6) is 0. The second-order valence-electron chi connectivity index (χ2n) is 3.41. The maximum atomic E-state index is 10.2. The fourth-order valence-electron chi connectivity index (χ4n) is 1.49. The van der Waals surface area contributed by atoms with Crippen molar-refractivity contribution in [1.29, 1.82) is 0 Å². The Morgan fingerprint density at radius 2 is 2.06 bits per heavy atom. The van der Waals surface area contributed by atoms with Crippen LogP contribution in [0.4, 0.5) is 0 Å². The van der Waals surface area contributed by atoms with Gasteiger partial charge >= 0.3 is 0 Å². The largest absolute Gasteiger partial charge is 0.315 e. The second kappa shape index (κ2) is 4.85. The molecule has 16 heavy (non-hydrogen) atoms. The van der Waals surface area contributed by atoms with E-state index < -0.39 is 0 Å². The number of rotatable bonds is 3. The minimum atomic E-state index is 0.636. The molecule has 1 heterocycles. The van der Waals surface area contributed by atoms with Crippen molar-refractivity contribution in [3.63, 3.8) is 0 Å². The quantitative estimate of drug-likeness (QED) is 0.593. The Morgan fingerprint density at radius 1 is 1.31 bits per heavy atom. The number of aryl methyl sites for hydroxylation is 1. The van der Waals surface area contributed by atoms with Crippen LogP contribution in [0.25, 0.3) is 0 Å². The fourth-order valence-corrected chi connectivity index (χ4v) is 2.31. The Balaban J connectivity index is 2.38. The van der Waals surface area contributed by atoms with Crippen molar-refractivity contribution >= 4 is 11.3 Å². The van der Waals surface area contributed by atoms with Crippen molar-refractivity contribution in [2.24, 2.45) is 10.4 Å². The smallest absolute Gasteiger partial charge is 0.214 e. The predicted molar refractivity (Wildman–Crippen MR) is 63.9 cm³/mol. The first-order chi connectivity index (χ1) is 7.81. The van der Waals surface area contributed by atoms with Crippen LogP contribution in [-0.2, 0) is 6.54 Å². The van der Waals surface area contributed by atoms with Gasteiger partial charge in [0.05, 0.1) is 11.8 Å². The van der Waals surface area contributed by atoms with Crippen molar-refractivity contribution in [2.75, 3.05) is 0 Å². The molecule has 0 unspecified atom stereocenters. The minimum absolute atomic E-state index is 0.636. The standard InChI is InChI=1S/C11H11N3OS/c1-9-8-16-11(12-13-15)14(9)7-10-5-3-2-4-6-10/h2-6,8H,7H2,1H3/b12-11+.